The van der Waals surface area contributed by atoms with Crippen LogP contribution in [0.5, 0.6) is 0 Å². The van der Waals surface area contributed by atoms with E-state index < -0.39 is 73.9 Å². The number of halogens is 17. The number of allylic oxidation sites excluding steroid dienone is 3. The van der Waals surface area contributed by atoms with Gasteiger partial charge >= 0.3 is 47.6 Å². The molecular formula is C22H25F17O2. The molecule has 0 atom stereocenters. The topological polar surface area (TPSA) is 18.5 Å². The van der Waals surface area contributed by atoms with E-state index in [0.29, 0.717) is 12.8 Å². The molecular weight excluding hydrogens is 619 g/mol. The third-order valence-corrected chi connectivity index (χ3v) is 5.37. The molecule has 0 radical (unpaired) electrons. The van der Waals surface area contributed by atoms with Gasteiger partial charge in [0.15, 0.2) is 0 Å². The Balaban J connectivity index is 5.40. The lowest BCUT2D eigenvalue weighted by molar-refractivity contribution is -0.461. The molecule has 0 aromatic rings. The van der Waals surface area contributed by atoms with Gasteiger partial charge in [-0.15, -0.1) is 0 Å². The Labute approximate surface area is 222 Å². The Morgan fingerprint density at radius 1 is 0.561 bits per heavy atom. The standard InChI is InChI=1S/C22H25F17O2/c1-13(2)6-4-7-14(3)8-11-41-12-40-10-5-9-15(23,24)16(25,26)17(27,28)18(29,30)19(31,32)20(33,34)21(35,36)22(37,38)39/h6,8H,4-5,7,9-12H2,1-3H3/b14-8+. The number of ether oxygens (including phenoxy) is 2. The minimum Gasteiger partial charge on any atom is -0.355 e. The van der Waals surface area contributed by atoms with Crippen LogP contribution in [0.4, 0.5) is 74.6 Å². The van der Waals surface area contributed by atoms with E-state index >= 15 is 0 Å². The molecule has 19 heteroatoms. The Bertz CT molecular complexity index is 900. The second-order valence-electron chi connectivity index (χ2n) is 9.02. The Morgan fingerprint density at radius 3 is 1.44 bits per heavy atom. The molecule has 0 aliphatic carbocycles. The predicted octanol–water partition coefficient (Wildman–Crippen LogP) is 9.46. The average Bonchev–Trinajstić information content (AvgIpc) is 2.78. The molecule has 0 aromatic heterocycles. The highest BCUT2D eigenvalue weighted by atomic mass is 19.4. The molecule has 0 saturated carbocycles. The van der Waals surface area contributed by atoms with Gasteiger partial charge in [-0.2, -0.15) is 74.6 Å². The summed E-state index contributed by atoms with van der Waals surface area (Å²) in [5, 5.41) is 0. The molecule has 244 valence electrons. The minimum atomic E-state index is -8.62. The van der Waals surface area contributed by atoms with E-state index in [1.54, 1.807) is 13.0 Å². The quantitative estimate of drug-likeness (QED) is 0.0680. The van der Waals surface area contributed by atoms with Crippen LogP contribution in [0.25, 0.3) is 0 Å². The molecule has 0 rings (SSSR count). The maximum Gasteiger partial charge on any atom is 0.460 e. The SMILES string of the molecule is CC(C)=CCC/C(C)=C/COCOCCCC(F)(F)C(F)(F)C(F)(F)C(F)(F)C(F)(F)C(F)(F)C(F)(F)C(F)(F)F. The van der Waals surface area contributed by atoms with Gasteiger partial charge in [-0.05, 0) is 40.0 Å². The van der Waals surface area contributed by atoms with Gasteiger partial charge in [-0.3, -0.25) is 0 Å². The molecule has 0 aliphatic rings. The summed E-state index contributed by atoms with van der Waals surface area (Å²) >= 11 is 0. The third-order valence-electron chi connectivity index (χ3n) is 5.37. The summed E-state index contributed by atoms with van der Waals surface area (Å²) in [6.45, 7) is 3.74. The highest BCUT2D eigenvalue weighted by molar-refractivity contribution is 5.15. The fraction of sp³-hybridized carbons (Fsp3) is 0.818. The normalized spacial score (nSPS) is 15.4. The van der Waals surface area contributed by atoms with E-state index in [4.69, 9.17) is 4.74 Å². The van der Waals surface area contributed by atoms with E-state index in [0.717, 1.165) is 11.1 Å². The zero-order chi connectivity index (χ0) is 32.9. The lowest BCUT2D eigenvalue weighted by Crippen LogP contribution is -2.74. The van der Waals surface area contributed by atoms with Crippen molar-refractivity contribution in [1.82, 2.24) is 0 Å². The van der Waals surface area contributed by atoms with Crippen LogP contribution in [0.2, 0.25) is 0 Å². The molecule has 0 saturated heterocycles. The highest BCUT2D eigenvalue weighted by Crippen LogP contribution is 2.64. The number of hydrogen-bond acceptors (Lipinski definition) is 2. The first-order chi connectivity index (χ1) is 18.1. The van der Waals surface area contributed by atoms with Gasteiger partial charge in [0.05, 0.1) is 6.61 Å². The molecule has 2 nitrogen and oxygen atoms in total. The molecule has 0 unspecified atom stereocenters. The summed E-state index contributed by atoms with van der Waals surface area (Å²) in [4.78, 5) is 0. The Hall–Kier alpha value is -1.79. The third kappa shape index (κ3) is 7.98. The summed E-state index contributed by atoms with van der Waals surface area (Å²) in [5.74, 6) is -56.2. The first kappa shape index (κ1) is 39.2. The highest BCUT2D eigenvalue weighted by Gasteiger charge is 2.95. The van der Waals surface area contributed by atoms with Crippen LogP contribution < -0.4 is 0 Å². The zero-order valence-electron chi connectivity index (χ0n) is 21.3. The van der Waals surface area contributed by atoms with Crippen molar-refractivity contribution in [3.05, 3.63) is 23.3 Å². The fourth-order valence-corrected chi connectivity index (χ4v) is 2.81. The van der Waals surface area contributed by atoms with Crippen molar-refractivity contribution < 1.29 is 84.1 Å². The van der Waals surface area contributed by atoms with Crippen molar-refractivity contribution in [2.45, 2.75) is 94.1 Å². The Morgan fingerprint density at radius 2 is 1.00 bits per heavy atom. The van der Waals surface area contributed by atoms with Gasteiger partial charge in [0.2, 0.25) is 0 Å². The van der Waals surface area contributed by atoms with Gasteiger partial charge in [-0.1, -0.05) is 23.3 Å². The summed E-state index contributed by atoms with van der Waals surface area (Å²) < 4.78 is 234. The Kier molecular flexibility index (Phi) is 12.7. The molecule has 0 aromatic carbocycles. The van der Waals surface area contributed by atoms with E-state index in [-0.39, 0.29) is 6.61 Å². The van der Waals surface area contributed by atoms with Crippen molar-refractivity contribution in [3.63, 3.8) is 0 Å². The first-order valence-corrected chi connectivity index (χ1v) is 11.2. The zero-order valence-corrected chi connectivity index (χ0v) is 21.3. The van der Waals surface area contributed by atoms with Gasteiger partial charge in [0.1, 0.15) is 6.79 Å². The molecule has 0 N–H and O–H groups in total. The second-order valence-corrected chi connectivity index (χ2v) is 9.02. The lowest BCUT2D eigenvalue weighted by atomic mass is 9.88. The fourth-order valence-electron chi connectivity index (χ4n) is 2.81. The second kappa shape index (κ2) is 13.2. The van der Waals surface area contributed by atoms with Crippen LogP contribution in [0, 0.1) is 0 Å². The van der Waals surface area contributed by atoms with Crippen LogP contribution in [-0.4, -0.2) is 67.6 Å². The van der Waals surface area contributed by atoms with Crippen molar-refractivity contribution in [3.8, 4) is 0 Å². The van der Waals surface area contributed by atoms with E-state index in [1.807, 2.05) is 19.9 Å². The van der Waals surface area contributed by atoms with Gasteiger partial charge < -0.3 is 9.47 Å². The number of rotatable bonds is 17. The van der Waals surface area contributed by atoms with Crippen LogP contribution >= 0.6 is 0 Å². The smallest absolute Gasteiger partial charge is 0.355 e. The summed E-state index contributed by atoms with van der Waals surface area (Å²) in [7, 11) is 0. The minimum absolute atomic E-state index is 0.0809. The average molecular weight is 644 g/mol. The van der Waals surface area contributed by atoms with Gasteiger partial charge in [0.25, 0.3) is 0 Å². The molecule has 0 bridgehead atoms. The molecule has 0 amide bonds. The maximum absolute atomic E-state index is 13.8. The van der Waals surface area contributed by atoms with Crippen LogP contribution in [0.1, 0.15) is 46.5 Å². The van der Waals surface area contributed by atoms with Crippen molar-refractivity contribution in [1.29, 1.82) is 0 Å². The summed E-state index contributed by atoms with van der Waals surface area (Å²) in [6, 6.07) is 0. The summed E-state index contributed by atoms with van der Waals surface area (Å²) in [6.07, 6.45) is -6.78. The predicted molar refractivity (Wildman–Crippen MR) is 109 cm³/mol. The number of alkyl halides is 17. The van der Waals surface area contributed by atoms with Gasteiger partial charge in [0, 0.05) is 13.0 Å². The van der Waals surface area contributed by atoms with E-state index in [2.05, 4.69) is 4.74 Å². The molecule has 0 aliphatic heterocycles. The van der Waals surface area contributed by atoms with Crippen LogP contribution in [0.3, 0.4) is 0 Å². The molecule has 0 heterocycles. The number of hydrogen-bond donors (Lipinski definition) is 0. The monoisotopic (exact) mass is 644 g/mol. The van der Waals surface area contributed by atoms with Gasteiger partial charge in [-0.25, -0.2) is 0 Å². The largest absolute Gasteiger partial charge is 0.460 e. The maximum atomic E-state index is 13.8. The van der Waals surface area contributed by atoms with Crippen LogP contribution in [-0.2, 0) is 9.47 Å². The van der Waals surface area contributed by atoms with Crippen molar-refractivity contribution >= 4 is 0 Å². The summed E-state index contributed by atoms with van der Waals surface area (Å²) in [5.41, 5.74) is 1.95. The molecule has 0 fully saturated rings. The first-order valence-electron chi connectivity index (χ1n) is 11.2. The van der Waals surface area contributed by atoms with E-state index in [9.17, 15) is 74.6 Å². The van der Waals surface area contributed by atoms with Crippen molar-refractivity contribution in [2.24, 2.45) is 0 Å². The molecule has 41 heavy (non-hydrogen) atoms. The molecule has 0 spiro atoms. The van der Waals surface area contributed by atoms with Crippen LogP contribution in [0.15, 0.2) is 23.3 Å². The van der Waals surface area contributed by atoms with E-state index in [1.165, 1.54) is 0 Å². The van der Waals surface area contributed by atoms with Crippen molar-refractivity contribution in [2.75, 3.05) is 20.0 Å². The lowest BCUT2D eigenvalue weighted by Gasteiger charge is -2.42.